The van der Waals surface area contributed by atoms with Crippen LogP contribution >= 0.6 is 11.8 Å². The van der Waals surface area contributed by atoms with Gasteiger partial charge in [-0.2, -0.15) is 0 Å². The molecule has 1 heterocycles. The van der Waals surface area contributed by atoms with Gasteiger partial charge in [0, 0.05) is 16.0 Å². The Morgan fingerprint density at radius 2 is 1.86 bits per heavy atom. The maximum absolute atomic E-state index is 13.1. The third-order valence-corrected chi connectivity index (χ3v) is 4.10. The van der Waals surface area contributed by atoms with Crippen molar-refractivity contribution in [3.63, 3.8) is 0 Å². The molecule has 21 heavy (non-hydrogen) atoms. The van der Waals surface area contributed by atoms with Crippen LogP contribution in [0.2, 0.25) is 0 Å². The molecule has 0 aliphatic carbocycles. The maximum atomic E-state index is 13.1. The Kier molecular flexibility index (Phi) is 3.94. The summed E-state index contributed by atoms with van der Waals surface area (Å²) in [6, 6.07) is 12.0. The lowest BCUT2D eigenvalue weighted by atomic mass is 10.2. The Morgan fingerprint density at radius 3 is 2.67 bits per heavy atom. The number of hydrogen-bond donors (Lipinski definition) is 1. The molecule has 1 atom stereocenters. The summed E-state index contributed by atoms with van der Waals surface area (Å²) in [6.45, 7) is 0. The van der Waals surface area contributed by atoms with E-state index in [1.54, 1.807) is 18.2 Å². The molecular formula is C16H12F2O2S. The summed E-state index contributed by atoms with van der Waals surface area (Å²) >= 11 is 1.33. The maximum Gasteiger partial charge on any atom is 0.134 e. The molecule has 0 saturated heterocycles. The Bertz CT molecular complexity index is 770. The van der Waals surface area contributed by atoms with Gasteiger partial charge in [0.05, 0.1) is 0 Å². The molecule has 5 heteroatoms. The van der Waals surface area contributed by atoms with Gasteiger partial charge in [0.15, 0.2) is 0 Å². The van der Waals surface area contributed by atoms with Gasteiger partial charge in [-0.3, -0.25) is 0 Å². The summed E-state index contributed by atoms with van der Waals surface area (Å²) in [6.07, 6.45) is -0.839. The van der Waals surface area contributed by atoms with Crippen LogP contribution in [-0.2, 0) is 0 Å². The average molecular weight is 306 g/mol. The van der Waals surface area contributed by atoms with E-state index in [0.717, 1.165) is 4.90 Å². The minimum atomic E-state index is -0.839. The van der Waals surface area contributed by atoms with Gasteiger partial charge in [-0.25, -0.2) is 8.78 Å². The lowest BCUT2D eigenvalue weighted by molar-refractivity contribution is 0.177. The molecule has 2 aromatic carbocycles. The Hall–Kier alpha value is -1.85. The fourth-order valence-electron chi connectivity index (χ4n) is 2.01. The van der Waals surface area contributed by atoms with E-state index >= 15 is 0 Å². The molecule has 0 fully saturated rings. The summed E-state index contributed by atoms with van der Waals surface area (Å²) in [7, 11) is 0. The van der Waals surface area contributed by atoms with Crippen LogP contribution < -0.4 is 0 Å². The molecule has 0 saturated carbocycles. The van der Waals surface area contributed by atoms with E-state index in [4.69, 9.17) is 4.42 Å². The molecule has 0 spiro atoms. The number of benzene rings is 2. The van der Waals surface area contributed by atoms with Gasteiger partial charge in [0.2, 0.25) is 0 Å². The van der Waals surface area contributed by atoms with E-state index in [1.807, 2.05) is 0 Å². The number of furan rings is 1. The van der Waals surface area contributed by atoms with Crippen molar-refractivity contribution in [3.05, 3.63) is 65.9 Å². The SMILES string of the molecule is OC(CSc1cccc(F)c1)c1cc2cc(F)ccc2o1. The zero-order valence-corrected chi connectivity index (χ0v) is 11.7. The molecule has 3 rings (SSSR count). The van der Waals surface area contributed by atoms with Gasteiger partial charge in [0.25, 0.3) is 0 Å². The first-order valence-corrected chi connectivity index (χ1v) is 7.36. The standard InChI is InChI=1S/C16H12F2O2S/c17-11-2-1-3-13(8-11)21-9-14(19)16-7-10-6-12(18)4-5-15(10)20-16/h1-8,14,19H,9H2. The van der Waals surface area contributed by atoms with Gasteiger partial charge in [-0.05, 0) is 42.5 Å². The third-order valence-electron chi connectivity index (χ3n) is 3.03. The summed E-state index contributed by atoms with van der Waals surface area (Å²) in [5, 5.41) is 10.7. The second-order valence-corrected chi connectivity index (χ2v) is 5.71. The molecule has 3 aromatic rings. The Labute approximate surface area is 124 Å². The molecule has 108 valence electrons. The van der Waals surface area contributed by atoms with Crippen molar-refractivity contribution in [1.29, 1.82) is 0 Å². The first-order valence-electron chi connectivity index (χ1n) is 6.37. The lowest BCUT2D eigenvalue weighted by Gasteiger charge is -2.07. The predicted octanol–water partition coefficient (Wildman–Crippen LogP) is 4.54. The van der Waals surface area contributed by atoms with Crippen LogP contribution in [0.5, 0.6) is 0 Å². The van der Waals surface area contributed by atoms with Gasteiger partial charge >= 0.3 is 0 Å². The molecule has 0 amide bonds. The quantitative estimate of drug-likeness (QED) is 0.719. The summed E-state index contributed by atoms with van der Waals surface area (Å²) in [5.41, 5.74) is 0.529. The average Bonchev–Trinajstić information content (AvgIpc) is 2.88. The van der Waals surface area contributed by atoms with Crippen molar-refractivity contribution in [2.24, 2.45) is 0 Å². The van der Waals surface area contributed by atoms with Crippen LogP contribution in [-0.4, -0.2) is 10.9 Å². The summed E-state index contributed by atoms with van der Waals surface area (Å²) < 4.78 is 31.7. The number of hydrogen-bond acceptors (Lipinski definition) is 3. The first kappa shape index (κ1) is 14.1. The molecule has 1 N–H and O–H groups in total. The minimum Gasteiger partial charge on any atom is -0.458 e. The van der Waals surface area contributed by atoms with Crippen LogP contribution in [0.4, 0.5) is 8.78 Å². The van der Waals surface area contributed by atoms with E-state index in [9.17, 15) is 13.9 Å². The van der Waals surface area contributed by atoms with E-state index in [2.05, 4.69) is 0 Å². The topological polar surface area (TPSA) is 33.4 Å². The number of aliphatic hydroxyl groups is 1. The van der Waals surface area contributed by atoms with Crippen LogP contribution in [0, 0.1) is 11.6 Å². The van der Waals surface area contributed by atoms with Crippen molar-refractivity contribution >= 4 is 22.7 Å². The molecule has 2 nitrogen and oxygen atoms in total. The highest BCUT2D eigenvalue weighted by molar-refractivity contribution is 7.99. The minimum absolute atomic E-state index is 0.311. The summed E-state index contributed by atoms with van der Waals surface area (Å²) in [4.78, 5) is 0.733. The molecule has 0 bridgehead atoms. The zero-order valence-electron chi connectivity index (χ0n) is 10.9. The number of aliphatic hydroxyl groups excluding tert-OH is 1. The monoisotopic (exact) mass is 306 g/mol. The number of halogens is 2. The van der Waals surface area contributed by atoms with Gasteiger partial charge in [-0.1, -0.05) is 6.07 Å². The first-order chi connectivity index (χ1) is 10.1. The lowest BCUT2D eigenvalue weighted by Crippen LogP contribution is -1.98. The normalized spacial score (nSPS) is 12.7. The van der Waals surface area contributed by atoms with E-state index in [-0.39, 0.29) is 11.6 Å². The van der Waals surface area contributed by atoms with E-state index in [0.29, 0.717) is 22.5 Å². The number of rotatable bonds is 4. The summed E-state index contributed by atoms with van der Waals surface area (Å²) in [5.74, 6) is 0.0397. The number of thioether (sulfide) groups is 1. The Morgan fingerprint density at radius 1 is 1.05 bits per heavy atom. The molecule has 0 aliphatic heterocycles. The highest BCUT2D eigenvalue weighted by atomic mass is 32.2. The van der Waals surface area contributed by atoms with Crippen LogP contribution in [0.15, 0.2) is 57.8 Å². The van der Waals surface area contributed by atoms with E-state index in [1.165, 1.54) is 42.1 Å². The molecule has 1 unspecified atom stereocenters. The fraction of sp³-hybridized carbons (Fsp3) is 0.125. The highest BCUT2D eigenvalue weighted by Gasteiger charge is 2.14. The van der Waals surface area contributed by atoms with Crippen molar-refractivity contribution < 1.29 is 18.3 Å². The molecule has 1 aromatic heterocycles. The predicted molar refractivity (Wildman–Crippen MR) is 78.3 cm³/mol. The highest BCUT2D eigenvalue weighted by Crippen LogP contribution is 2.29. The van der Waals surface area contributed by atoms with Crippen LogP contribution in [0.25, 0.3) is 11.0 Å². The third kappa shape index (κ3) is 3.25. The van der Waals surface area contributed by atoms with Crippen LogP contribution in [0.3, 0.4) is 0 Å². The van der Waals surface area contributed by atoms with Crippen molar-refractivity contribution in [2.45, 2.75) is 11.0 Å². The largest absolute Gasteiger partial charge is 0.458 e. The smallest absolute Gasteiger partial charge is 0.134 e. The second-order valence-electron chi connectivity index (χ2n) is 4.62. The molecular weight excluding hydrogens is 294 g/mol. The zero-order chi connectivity index (χ0) is 14.8. The second kappa shape index (κ2) is 5.87. The van der Waals surface area contributed by atoms with Gasteiger partial charge in [0.1, 0.15) is 29.1 Å². The van der Waals surface area contributed by atoms with Crippen LogP contribution in [0.1, 0.15) is 11.9 Å². The van der Waals surface area contributed by atoms with Crippen molar-refractivity contribution in [2.75, 3.05) is 5.75 Å². The molecule has 0 aliphatic rings. The fourth-order valence-corrected chi connectivity index (χ4v) is 2.90. The van der Waals surface area contributed by atoms with Crippen molar-refractivity contribution in [3.8, 4) is 0 Å². The van der Waals surface area contributed by atoms with Gasteiger partial charge < -0.3 is 9.52 Å². The number of fused-ring (bicyclic) bond motifs is 1. The van der Waals surface area contributed by atoms with Gasteiger partial charge in [-0.15, -0.1) is 11.8 Å². The van der Waals surface area contributed by atoms with E-state index < -0.39 is 6.10 Å². The Balaban J connectivity index is 1.73. The molecule has 0 radical (unpaired) electrons. The van der Waals surface area contributed by atoms with Crippen molar-refractivity contribution in [1.82, 2.24) is 0 Å².